The molecule has 2 unspecified atom stereocenters. The lowest BCUT2D eigenvalue weighted by molar-refractivity contribution is -0.120. The number of benzene rings is 1. The lowest BCUT2D eigenvalue weighted by Gasteiger charge is -2.15. The number of aryl methyl sites for hydroxylation is 1. The summed E-state index contributed by atoms with van der Waals surface area (Å²) in [7, 11) is 1.35. The van der Waals surface area contributed by atoms with E-state index in [0.717, 1.165) is 30.2 Å². The highest BCUT2D eigenvalue weighted by atomic mass is 16.5. The molecule has 0 spiro atoms. The minimum Gasteiger partial charge on any atom is -0.465 e. The molecule has 2 aliphatic carbocycles. The Morgan fingerprint density at radius 2 is 1.90 bits per heavy atom. The lowest BCUT2D eigenvalue weighted by Crippen LogP contribution is -2.23. The van der Waals surface area contributed by atoms with Crippen molar-refractivity contribution < 1.29 is 14.3 Å². The van der Waals surface area contributed by atoms with Gasteiger partial charge in [-0.2, -0.15) is 0 Å². The van der Waals surface area contributed by atoms with Crippen molar-refractivity contribution in [1.29, 1.82) is 0 Å². The Morgan fingerprint density at radius 3 is 2.55 bits per heavy atom. The van der Waals surface area contributed by atoms with E-state index in [1.807, 2.05) is 13.0 Å². The Labute approximate surface area is 118 Å². The van der Waals surface area contributed by atoms with Gasteiger partial charge in [0.05, 0.1) is 18.4 Å². The van der Waals surface area contributed by atoms with Gasteiger partial charge in [0.2, 0.25) is 5.91 Å². The number of nitrogens with one attached hydrogen (secondary N) is 1. The van der Waals surface area contributed by atoms with Gasteiger partial charge < -0.3 is 10.1 Å². The van der Waals surface area contributed by atoms with E-state index in [9.17, 15) is 9.59 Å². The van der Waals surface area contributed by atoms with Crippen LogP contribution in [0.15, 0.2) is 18.2 Å². The third kappa shape index (κ3) is 2.42. The van der Waals surface area contributed by atoms with Gasteiger partial charge in [0.25, 0.3) is 0 Å². The zero-order chi connectivity index (χ0) is 14.3. The molecule has 4 nitrogen and oxygen atoms in total. The molecule has 20 heavy (non-hydrogen) atoms. The maximum absolute atomic E-state index is 12.3. The molecule has 3 rings (SSSR count). The summed E-state index contributed by atoms with van der Waals surface area (Å²) in [5.74, 6) is 1.25. The highest BCUT2D eigenvalue weighted by molar-refractivity contribution is 6.02. The number of hydrogen-bond donors (Lipinski definition) is 1. The molecule has 0 saturated heterocycles. The second-order valence-corrected chi connectivity index (χ2v) is 5.95. The van der Waals surface area contributed by atoms with Gasteiger partial charge in [-0.05, 0) is 50.2 Å². The van der Waals surface area contributed by atoms with Crippen LogP contribution in [0.25, 0.3) is 0 Å². The summed E-state index contributed by atoms with van der Waals surface area (Å²) in [5.41, 5.74) is 1.93. The van der Waals surface area contributed by atoms with E-state index in [1.54, 1.807) is 12.1 Å². The number of fused-ring (bicyclic) bond motifs is 1. The molecule has 2 atom stereocenters. The number of anilines is 1. The predicted octanol–water partition coefficient (Wildman–Crippen LogP) is 2.77. The van der Waals surface area contributed by atoms with Gasteiger partial charge in [-0.25, -0.2) is 4.79 Å². The van der Waals surface area contributed by atoms with Crippen molar-refractivity contribution in [3.63, 3.8) is 0 Å². The Kier molecular flexibility index (Phi) is 3.24. The van der Waals surface area contributed by atoms with Crippen molar-refractivity contribution in [2.45, 2.75) is 26.2 Å². The first-order valence-corrected chi connectivity index (χ1v) is 7.08. The normalized spacial score (nSPS) is 26.8. The zero-order valence-corrected chi connectivity index (χ0v) is 11.8. The minimum absolute atomic E-state index is 0.0335. The quantitative estimate of drug-likeness (QED) is 0.862. The average Bonchev–Trinajstić information content (AvgIpc) is 3.06. The van der Waals surface area contributed by atoms with Crippen LogP contribution in [0.4, 0.5) is 5.69 Å². The van der Waals surface area contributed by atoms with Gasteiger partial charge in [-0.15, -0.1) is 0 Å². The van der Waals surface area contributed by atoms with E-state index in [-0.39, 0.29) is 11.8 Å². The second kappa shape index (κ2) is 4.93. The molecule has 0 aliphatic heterocycles. The second-order valence-electron chi connectivity index (χ2n) is 5.95. The molecule has 1 aromatic rings. The molecule has 1 N–H and O–H groups in total. The molecule has 4 heteroatoms. The summed E-state index contributed by atoms with van der Waals surface area (Å²) < 4.78 is 4.77. The van der Waals surface area contributed by atoms with Crippen LogP contribution in [0.1, 0.15) is 35.2 Å². The fourth-order valence-electron chi connectivity index (χ4n) is 3.21. The monoisotopic (exact) mass is 273 g/mol. The molecule has 1 aromatic carbocycles. The van der Waals surface area contributed by atoms with Gasteiger partial charge in [-0.1, -0.05) is 11.6 Å². The molecule has 106 valence electrons. The summed E-state index contributed by atoms with van der Waals surface area (Å²) in [6, 6.07) is 5.40. The number of carbonyl (C=O) groups excluding carboxylic acids is 2. The van der Waals surface area contributed by atoms with Gasteiger partial charge in [-0.3, -0.25) is 4.79 Å². The molecule has 1 amide bonds. The number of esters is 1. The number of rotatable bonds is 3. The van der Waals surface area contributed by atoms with E-state index in [0.29, 0.717) is 11.3 Å². The topological polar surface area (TPSA) is 55.4 Å². The standard InChI is InChI=1S/C16H19NO3/c1-9-3-4-14(13(5-9)16(19)20-2)17-15(18)12-7-10-6-11(10)8-12/h3-5,10-12H,6-8H2,1-2H3,(H,17,18). The number of ether oxygens (including phenoxy) is 1. The molecular formula is C16H19NO3. The van der Waals surface area contributed by atoms with Crippen molar-refractivity contribution in [1.82, 2.24) is 0 Å². The maximum atomic E-state index is 12.3. The van der Waals surface area contributed by atoms with E-state index < -0.39 is 5.97 Å². The van der Waals surface area contributed by atoms with Crippen LogP contribution in [-0.4, -0.2) is 19.0 Å². The Hall–Kier alpha value is -1.84. The summed E-state index contributed by atoms with van der Waals surface area (Å²) >= 11 is 0. The smallest absolute Gasteiger partial charge is 0.339 e. The lowest BCUT2D eigenvalue weighted by atomic mass is 10.0. The van der Waals surface area contributed by atoms with Gasteiger partial charge in [0, 0.05) is 5.92 Å². The third-order valence-corrected chi connectivity index (χ3v) is 4.45. The van der Waals surface area contributed by atoms with Crippen LogP contribution in [0.2, 0.25) is 0 Å². The van der Waals surface area contributed by atoms with Crippen LogP contribution < -0.4 is 5.32 Å². The fraction of sp³-hybridized carbons (Fsp3) is 0.500. The van der Waals surface area contributed by atoms with Crippen molar-refractivity contribution in [2.75, 3.05) is 12.4 Å². The molecule has 0 bridgehead atoms. The van der Waals surface area contributed by atoms with Crippen LogP contribution in [0.5, 0.6) is 0 Å². The molecule has 2 saturated carbocycles. The minimum atomic E-state index is -0.418. The van der Waals surface area contributed by atoms with E-state index >= 15 is 0 Å². The van der Waals surface area contributed by atoms with Gasteiger partial charge >= 0.3 is 5.97 Å². The SMILES string of the molecule is COC(=O)c1cc(C)ccc1NC(=O)C1CC2CC2C1. The van der Waals surface area contributed by atoms with E-state index in [4.69, 9.17) is 4.74 Å². The van der Waals surface area contributed by atoms with Crippen LogP contribution in [-0.2, 0) is 9.53 Å². The Bertz CT molecular complexity index is 557. The molecule has 0 radical (unpaired) electrons. The Balaban J connectivity index is 1.76. The van der Waals surface area contributed by atoms with Crippen molar-refractivity contribution in [2.24, 2.45) is 17.8 Å². The van der Waals surface area contributed by atoms with E-state index in [1.165, 1.54) is 13.5 Å². The highest BCUT2D eigenvalue weighted by Gasteiger charge is 2.48. The predicted molar refractivity (Wildman–Crippen MR) is 75.5 cm³/mol. The van der Waals surface area contributed by atoms with Crippen LogP contribution >= 0.6 is 0 Å². The first kappa shape index (κ1) is 13.2. The Morgan fingerprint density at radius 1 is 1.20 bits per heavy atom. The largest absolute Gasteiger partial charge is 0.465 e. The van der Waals surface area contributed by atoms with Gasteiger partial charge in [0.1, 0.15) is 0 Å². The van der Waals surface area contributed by atoms with Crippen LogP contribution in [0.3, 0.4) is 0 Å². The number of amides is 1. The maximum Gasteiger partial charge on any atom is 0.339 e. The molecule has 0 heterocycles. The summed E-state index contributed by atoms with van der Waals surface area (Å²) in [5, 5.41) is 2.90. The van der Waals surface area contributed by atoms with Crippen molar-refractivity contribution in [3.05, 3.63) is 29.3 Å². The summed E-state index contributed by atoms with van der Waals surface area (Å²) in [6.45, 7) is 1.91. The molecule has 2 aliphatic rings. The number of methoxy groups -OCH3 is 1. The number of hydrogen-bond acceptors (Lipinski definition) is 3. The highest BCUT2D eigenvalue weighted by Crippen LogP contribution is 2.54. The van der Waals surface area contributed by atoms with Gasteiger partial charge in [0.15, 0.2) is 0 Å². The van der Waals surface area contributed by atoms with Crippen molar-refractivity contribution in [3.8, 4) is 0 Å². The summed E-state index contributed by atoms with van der Waals surface area (Å²) in [6.07, 6.45) is 3.29. The fourth-order valence-corrected chi connectivity index (χ4v) is 3.21. The van der Waals surface area contributed by atoms with E-state index in [2.05, 4.69) is 5.32 Å². The third-order valence-electron chi connectivity index (χ3n) is 4.45. The first-order valence-electron chi connectivity index (χ1n) is 7.08. The molecular weight excluding hydrogens is 254 g/mol. The van der Waals surface area contributed by atoms with Crippen molar-refractivity contribution >= 4 is 17.6 Å². The summed E-state index contributed by atoms with van der Waals surface area (Å²) in [4.78, 5) is 24.0. The average molecular weight is 273 g/mol. The molecule has 0 aromatic heterocycles. The van der Waals surface area contributed by atoms with Crippen LogP contribution in [0, 0.1) is 24.7 Å². The first-order chi connectivity index (χ1) is 9.58. The molecule has 2 fully saturated rings. The zero-order valence-electron chi connectivity index (χ0n) is 11.8. The number of carbonyl (C=O) groups is 2.